The Hall–Kier alpha value is -3.22. The van der Waals surface area contributed by atoms with Crippen molar-refractivity contribution in [2.75, 3.05) is 17.3 Å². The van der Waals surface area contributed by atoms with Gasteiger partial charge in [0, 0.05) is 23.8 Å². The lowest BCUT2D eigenvalue weighted by Gasteiger charge is -2.17. The van der Waals surface area contributed by atoms with Crippen LogP contribution in [0.2, 0.25) is 5.02 Å². The van der Waals surface area contributed by atoms with Gasteiger partial charge in [-0.25, -0.2) is 4.98 Å². The third-order valence-corrected chi connectivity index (χ3v) is 6.39. The Bertz CT molecular complexity index is 1300. The SMILES string of the molecule is Cc1cc(C)c2c(NC(=O)c3ccccc3Cl)c(C(=O)N(C)c3ccccc3)sc2n1. The average molecular weight is 450 g/mol. The number of para-hydroxylation sites is 1. The molecule has 0 radical (unpaired) electrons. The molecule has 156 valence electrons. The van der Waals surface area contributed by atoms with Crippen LogP contribution in [0.3, 0.4) is 0 Å². The molecule has 0 atom stereocenters. The summed E-state index contributed by atoms with van der Waals surface area (Å²) in [6.07, 6.45) is 0. The van der Waals surface area contributed by atoms with E-state index in [1.54, 1.807) is 36.2 Å². The third-order valence-electron chi connectivity index (χ3n) is 4.99. The van der Waals surface area contributed by atoms with Gasteiger partial charge in [-0.3, -0.25) is 9.59 Å². The number of amides is 2. The quantitative estimate of drug-likeness (QED) is 0.409. The van der Waals surface area contributed by atoms with E-state index in [-0.39, 0.29) is 11.8 Å². The molecule has 0 aliphatic rings. The molecule has 31 heavy (non-hydrogen) atoms. The Balaban J connectivity index is 1.83. The number of benzene rings is 2. The molecular formula is C24H20ClN3O2S. The molecule has 0 saturated carbocycles. The highest BCUT2D eigenvalue weighted by Gasteiger charge is 2.26. The van der Waals surface area contributed by atoms with Crippen molar-refractivity contribution in [3.63, 3.8) is 0 Å². The summed E-state index contributed by atoms with van der Waals surface area (Å²) in [6.45, 7) is 3.86. The highest BCUT2D eigenvalue weighted by molar-refractivity contribution is 7.21. The van der Waals surface area contributed by atoms with Gasteiger partial charge in [-0.05, 0) is 49.7 Å². The molecule has 2 heterocycles. The van der Waals surface area contributed by atoms with Crippen LogP contribution in [0.15, 0.2) is 60.7 Å². The number of nitrogens with zero attached hydrogens (tertiary/aromatic N) is 2. The van der Waals surface area contributed by atoms with Gasteiger partial charge in [0.2, 0.25) is 0 Å². The van der Waals surface area contributed by atoms with E-state index in [1.165, 1.54) is 11.3 Å². The fraction of sp³-hybridized carbons (Fsp3) is 0.125. The molecule has 0 unspecified atom stereocenters. The summed E-state index contributed by atoms with van der Waals surface area (Å²) in [6, 6.07) is 18.1. The van der Waals surface area contributed by atoms with Crippen molar-refractivity contribution in [3.8, 4) is 0 Å². The van der Waals surface area contributed by atoms with Crippen molar-refractivity contribution < 1.29 is 9.59 Å². The fourth-order valence-corrected chi connectivity index (χ4v) is 4.91. The third kappa shape index (κ3) is 4.04. The van der Waals surface area contributed by atoms with Gasteiger partial charge >= 0.3 is 0 Å². The Morgan fingerprint density at radius 2 is 1.71 bits per heavy atom. The van der Waals surface area contributed by atoms with E-state index < -0.39 is 0 Å². The Labute approximate surface area is 189 Å². The smallest absolute Gasteiger partial charge is 0.270 e. The molecule has 0 saturated heterocycles. The molecule has 2 amide bonds. The van der Waals surface area contributed by atoms with Gasteiger partial charge in [-0.1, -0.05) is 41.9 Å². The normalized spacial score (nSPS) is 10.8. The summed E-state index contributed by atoms with van der Waals surface area (Å²) >= 11 is 7.49. The number of aryl methyl sites for hydroxylation is 2. The van der Waals surface area contributed by atoms with E-state index in [9.17, 15) is 9.59 Å². The lowest BCUT2D eigenvalue weighted by atomic mass is 10.1. The molecule has 0 aliphatic carbocycles. The molecule has 4 rings (SSSR count). The Morgan fingerprint density at radius 3 is 2.42 bits per heavy atom. The zero-order valence-electron chi connectivity index (χ0n) is 17.3. The summed E-state index contributed by atoms with van der Waals surface area (Å²) in [5.74, 6) is -0.595. The van der Waals surface area contributed by atoms with Crippen molar-refractivity contribution >= 4 is 56.3 Å². The number of thiophene rings is 1. The summed E-state index contributed by atoms with van der Waals surface area (Å²) in [7, 11) is 1.72. The number of pyridine rings is 1. The van der Waals surface area contributed by atoms with E-state index in [0.29, 0.717) is 26.0 Å². The molecule has 0 fully saturated rings. The zero-order valence-corrected chi connectivity index (χ0v) is 18.8. The van der Waals surface area contributed by atoms with Gasteiger partial charge in [0.1, 0.15) is 9.71 Å². The van der Waals surface area contributed by atoms with Gasteiger partial charge in [-0.2, -0.15) is 0 Å². The molecular weight excluding hydrogens is 430 g/mol. The second-order valence-electron chi connectivity index (χ2n) is 7.20. The van der Waals surface area contributed by atoms with E-state index in [1.807, 2.05) is 50.2 Å². The maximum absolute atomic E-state index is 13.4. The maximum atomic E-state index is 13.4. The monoisotopic (exact) mass is 449 g/mol. The lowest BCUT2D eigenvalue weighted by Crippen LogP contribution is -2.26. The van der Waals surface area contributed by atoms with Crippen LogP contribution in [0, 0.1) is 13.8 Å². The molecule has 4 aromatic rings. The number of nitrogens with one attached hydrogen (secondary N) is 1. The molecule has 1 N–H and O–H groups in total. The molecule has 5 nitrogen and oxygen atoms in total. The number of fused-ring (bicyclic) bond motifs is 1. The first kappa shape index (κ1) is 21.0. The predicted octanol–water partition coefficient (Wildman–Crippen LogP) is 6.10. The minimum Gasteiger partial charge on any atom is -0.320 e. The number of carbonyl (C=O) groups is 2. The molecule has 0 spiro atoms. The summed E-state index contributed by atoms with van der Waals surface area (Å²) in [4.78, 5) is 33.8. The average Bonchev–Trinajstić information content (AvgIpc) is 3.11. The number of hydrogen-bond donors (Lipinski definition) is 1. The number of hydrogen-bond acceptors (Lipinski definition) is 4. The van der Waals surface area contributed by atoms with Crippen LogP contribution in [-0.2, 0) is 0 Å². The van der Waals surface area contributed by atoms with Crippen molar-refractivity contribution in [1.29, 1.82) is 0 Å². The number of halogens is 1. The lowest BCUT2D eigenvalue weighted by molar-refractivity contribution is 0.0997. The van der Waals surface area contributed by atoms with Gasteiger partial charge in [-0.15, -0.1) is 11.3 Å². The highest BCUT2D eigenvalue weighted by atomic mass is 35.5. The van der Waals surface area contributed by atoms with E-state index >= 15 is 0 Å². The van der Waals surface area contributed by atoms with Crippen molar-refractivity contribution in [2.24, 2.45) is 0 Å². The van der Waals surface area contributed by atoms with E-state index in [0.717, 1.165) is 22.3 Å². The van der Waals surface area contributed by atoms with Crippen molar-refractivity contribution in [3.05, 3.63) is 87.4 Å². The van der Waals surface area contributed by atoms with E-state index in [2.05, 4.69) is 10.3 Å². The molecule has 2 aromatic carbocycles. The summed E-state index contributed by atoms with van der Waals surface area (Å²) in [5, 5.41) is 4.05. The van der Waals surface area contributed by atoms with Crippen LogP contribution in [0.1, 0.15) is 31.3 Å². The number of aromatic nitrogens is 1. The fourth-order valence-electron chi connectivity index (χ4n) is 3.46. The first-order valence-electron chi connectivity index (χ1n) is 9.66. The van der Waals surface area contributed by atoms with Crippen molar-refractivity contribution in [2.45, 2.75) is 13.8 Å². The van der Waals surface area contributed by atoms with Gasteiger partial charge < -0.3 is 10.2 Å². The maximum Gasteiger partial charge on any atom is 0.270 e. The minimum atomic E-state index is -0.373. The van der Waals surface area contributed by atoms with Gasteiger partial charge in [0.05, 0.1) is 16.3 Å². The summed E-state index contributed by atoms with van der Waals surface area (Å²) < 4.78 is 0. The number of anilines is 2. The first-order chi connectivity index (χ1) is 14.9. The van der Waals surface area contributed by atoms with Crippen LogP contribution < -0.4 is 10.2 Å². The topological polar surface area (TPSA) is 62.3 Å². The van der Waals surface area contributed by atoms with Gasteiger partial charge in [0.15, 0.2) is 0 Å². The Morgan fingerprint density at radius 1 is 1.03 bits per heavy atom. The Kier molecular flexibility index (Phi) is 5.76. The number of carbonyl (C=O) groups excluding carboxylic acids is 2. The van der Waals surface area contributed by atoms with Crippen LogP contribution >= 0.6 is 22.9 Å². The second kappa shape index (κ2) is 8.49. The van der Waals surface area contributed by atoms with E-state index in [4.69, 9.17) is 11.6 Å². The largest absolute Gasteiger partial charge is 0.320 e. The second-order valence-corrected chi connectivity index (χ2v) is 8.61. The van der Waals surface area contributed by atoms with Crippen molar-refractivity contribution in [1.82, 2.24) is 4.98 Å². The molecule has 0 aliphatic heterocycles. The van der Waals surface area contributed by atoms with Crippen LogP contribution in [0.25, 0.3) is 10.2 Å². The highest BCUT2D eigenvalue weighted by Crippen LogP contribution is 2.39. The summed E-state index contributed by atoms with van der Waals surface area (Å²) in [5.41, 5.74) is 3.35. The molecule has 2 aromatic heterocycles. The standard InChI is InChI=1S/C24H20ClN3O2S/c1-14-13-15(2)26-23-19(14)20(27-22(29)17-11-7-8-12-18(17)25)21(31-23)24(30)28(3)16-9-5-4-6-10-16/h4-13H,1-3H3,(H,27,29). The first-order valence-corrected chi connectivity index (χ1v) is 10.9. The molecule has 0 bridgehead atoms. The van der Waals surface area contributed by atoms with Gasteiger partial charge in [0.25, 0.3) is 11.8 Å². The van der Waals surface area contributed by atoms with Crippen LogP contribution in [0.5, 0.6) is 0 Å². The van der Waals surface area contributed by atoms with Crippen LogP contribution in [0.4, 0.5) is 11.4 Å². The zero-order chi connectivity index (χ0) is 22.1. The van der Waals surface area contributed by atoms with Crippen LogP contribution in [-0.4, -0.2) is 23.8 Å². The molecule has 7 heteroatoms. The number of rotatable bonds is 4. The minimum absolute atomic E-state index is 0.222. The predicted molar refractivity (Wildman–Crippen MR) is 128 cm³/mol.